The first-order valence-electron chi connectivity index (χ1n) is 4.12. The summed E-state index contributed by atoms with van der Waals surface area (Å²) >= 11 is 4.89. The summed E-state index contributed by atoms with van der Waals surface area (Å²) in [5.41, 5.74) is 0.627. The molecular weight excluding hydrogens is 250 g/mol. The summed E-state index contributed by atoms with van der Waals surface area (Å²) in [6.07, 6.45) is 0. The van der Waals surface area contributed by atoms with E-state index in [2.05, 4.69) is 15.5 Å². The molecule has 0 atom stereocenters. The Kier molecular flexibility index (Phi) is 2.58. The van der Waals surface area contributed by atoms with Gasteiger partial charge in [0.15, 0.2) is 0 Å². The van der Waals surface area contributed by atoms with E-state index in [1.54, 1.807) is 12.1 Å². The van der Waals surface area contributed by atoms with Crippen LogP contribution in [0.2, 0.25) is 0 Å². The summed E-state index contributed by atoms with van der Waals surface area (Å²) in [6.45, 7) is 0. The summed E-state index contributed by atoms with van der Waals surface area (Å²) < 4.78 is 23.7. The van der Waals surface area contributed by atoms with Crippen LogP contribution in [-0.2, 0) is 10.0 Å². The molecule has 0 saturated carbocycles. The summed E-state index contributed by atoms with van der Waals surface area (Å²) in [5.74, 6) is 0. The number of hydrogen-bond acceptors (Lipinski definition) is 5. The maximum absolute atomic E-state index is 11.0. The molecule has 0 spiro atoms. The molecular formula is C7H7N5O2S2. The first-order valence-corrected chi connectivity index (χ1v) is 6.07. The zero-order chi connectivity index (χ0) is 11.8. The fourth-order valence-electron chi connectivity index (χ4n) is 1.15. The molecule has 0 unspecified atom stereocenters. The first kappa shape index (κ1) is 10.9. The van der Waals surface area contributed by atoms with E-state index >= 15 is 0 Å². The van der Waals surface area contributed by atoms with Crippen LogP contribution in [0, 0.1) is 4.77 Å². The van der Waals surface area contributed by atoms with Crippen molar-refractivity contribution in [2.75, 3.05) is 0 Å². The average molecular weight is 257 g/mol. The highest BCUT2D eigenvalue weighted by molar-refractivity contribution is 7.89. The lowest BCUT2D eigenvalue weighted by atomic mass is 10.3. The Morgan fingerprint density at radius 2 is 1.94 bits per heavy atom. The topological polar surface area (TPSA) is 107 Å². The van der Waals surface area contributed by atoms with Crippen LogP contribution >= 0.6 is 12.2 Å². The number of nitrogens with zero attached hydrogens (tertiary/aromatic N) is 3. The van der Waals surface area contributed by atoms with Crippen LogP contribution in [0.15, 0.2) is 29.2 Å². The van der Waals surface area contributed by atoms with E-state index in [1.807, 2.05) is 0 Å². The Morgan fingerprint density at radius 3 is 2.38 bits per heavy atom. The molecule has 1 aromatic carbocycles. The fourth-order valence-corrected chi connectivity index (χ4v) is 1.85. The monoisotopic (exact) mass is 257 g/mol. The predicted molar refractivity (Wildman–Crippen MR) is 57.9 cm³/mol. The second-order valence-electron chi connectivity index (χ2n) is 2.96. The minimum Gasteiger partial charge on any atom is -0.225 e. The van der Waals surface area contributed by atoms with Crippen LogP contribution in [0.3, 0.4) is 0 Å². The van der Waals surface area contributed by atoms with E-state index in [4.69, 9.17) is 17.4 Å². The average Bonchev–Trinajstić information content (AvgIpc) is 2.63. The highest BCUT2D eigenvalue weighted by Crippen LogP contribution is 2.11. The van der Waals surface area contributed by atoms with Gasteiger partial charge in [-0.1, -0.05) is 10.3 Å². The number of H-pyrrole nitrogens is 1. The minimum atomic E-state index is -3.68. The zero-order valence-corrected chi connectivity index (χ0v) is 9.49. The Morgan fingerprint density at radius 1 is 1.31 bits per heavy atom. The van der Waals surface area contributed by atoms with Crippen molar-refractivity contribution < 1.29 is 8.42 Å². The quantitative estimate of drug-likeness (QED) is 0.735. The van der Waals surface area contributed by atoms with Gasteiger partial charge in [0.25, 0.3) is 0 Å². The Hall–Kier alpha value is -1.58. The molecule has 0 saturated heterocycles. The molecule has 1 heterocycles. The lowest BCUT2D eigenvalue weighted by molar-refractivity contribution is 0.598. The van der Waals surface area contributed by atoms with E-state index < -0.39 is 10.0 Å². The molecule has 84 valence electrons. The standard InChI is InChI=1S/C7H7N5O2S2/c8-16(13,14)6-3-1-5(2-4-6)12-7(15)9-10-11-12/h1-4H,(H2,8,13,14)(H,9,11,15). The van der Waals surface area contributed by atoms with Crippen molar-refractivity contribution in [1.29, 1.82) is 0 Å². The van der Waals surface area contributed by atoms with Gasteiger partial charge < -0.3 is 0 Å². The molecule has 9 heteroatoms. The number of tetrazole rings is 1. The number of aromatic nitrogens is 4. The maximum atomic E-state index is 11.0. The van der Waals surface area contributed by atoms with Gasteiger partial charge in [0.1, 0.15) is 0 Å². The van der Waals surface area contributed by atoms with E-state index in [1.165, 1.54) is 16.8 Å². The van der Waals surface area contributed by atoms with Crippen LogP contribution in [-0.4, -0.2) is 28.6 Å². The number of aromatic amines is 1. The van der Waals surface area contributed by atoms with Crippen LogP contribution in [0.5, 0.6) is 0 Å². The Balaban J connectivity index is 2.49. The second kappa shape index (κ2) is 3.77. The van der Waals surface area contributed by atoms with Crippen molar-refractivity contribution in [3.8, 4) is 5.69 Å². The van der Waals surface area contributed by atoms with E-state index in [-0.39, 0.29) is 9.67 Å². The number of rotatable bonds is 2. The highest BCUT2D eigenvalue weighted by Gasteiger charge is 2.07. The van der Waals surface area contributed by atoms with E-state index in [0.717, 1.165) is 0 Å². The number of nitrogens with one attached hydrogen (secondary N) is 1. The molecule has 0 radical (unpaired) electrons. The SMILES string of the molecule is NS(=O)(=O)c1ccc(-n2[nH]nnc2=S)cc1. The molecule has 0 aliphatic carbocycles. The van der Waals surface area contributed by atoms with Crippen LogP contribution in [0.4, 0.5) is 0 Å². The van der Waals surface area contributed by atoms with E-state index in [9.17, 15) is 8.42 Å². The third-order valence-corrected chi connectivity index (χ3v) is 3.09. The number of sulfonamides is 1. The molecule has 2 rings (SSSR count). The maximum Gasteiger partial charge on any atom is 0.242 e. The third kappa shape index (κ3) is 2.01. The molecule has 1 aromatic heterocycles. The normalized spacial score (nSPS) is 11.6. The minimum absolute atomic E-state index is 0.0373. The largest absolute Gasteiger partial charge is 0.242 e. The van der Waals surface area contributed by atoms with E-state index in [0.29, 0.717) is 5.69 Å². The van der Waals surface area contributed by atoms with Crippen LogP contribution in [0.1, 0.15) is 0 Å². The summed E-state index contributed by atoms with van der Waals surface area (Å²) in [7, 11) is -3.68. The fraction of sp³-hybridized carbons (Fsp3) is 0. The summed E-state index contributed by atoms with van der Waals surface area (Å²) in [4.78, 5) is 0.0373. The van der Waals surface area contributed by atoms with Crippen molar-refractivity contribution in [2.45, 2.75) is 4.90 Å². The van der Waals surface area contributed by atoms with Crippen molar-refractivity contribution in [3.63, 3.8) is 0 Å². The molecule has 0 fully saturated rings. The van der Waals surface area contributed by atoms with Gasteiger partial charge in [-0.05, 0) is 36.5 Å². The molecule has 0 bridgehead atoms. The van der Waals surface area contributed by atoms with Gasteiger partial charge in [-0.25, -0.2) is 18.2 Å². The summed E-state index contributed by atoms with van der Waals surface area (Å²) in [6, 6.07) is 5.87. The molecule has 3 N–H and O–H groups in total. The van der Waals surface area contributed by atoms with Gasteiger partial charge in [0, 0.05) is 0 Å². The second-order valence-corrected chi connectivity index (χ2v) is 4.88. The zero-order valence-electron chi connectivity index (χ0n) is 7.86. The highest BCUT2D eigenvalue weighted by atomic mass is 32.2. The van der Waals surface area contributed by atoms with Crippen molar-refractivity contribution in [2.24, 2.45) is 5.14 Å². The van der Waals surface area contributed by atoms with Gasteiger partial charge in [0.2, 0.25) is 14.8 Å². The van der Waals surface area contributed by atoms with Gasteiger partial charge in [-0.3, -0.25) is 0 Å². The van der Waals surface area contributed by atoms with Crippen LogP contribution in [0.25, 0.3) is 5.69 Å². The van der Waals surface area contributed by atoms with Crippen LogP contribution < -0.4 is 5.14 Å². The third-order valence-electron chi connectivity index (χ3n) is 1.90. The van der Waals surface area contributed by atoms with Crippen molar-refractivity contribution >= 4 is 22.2 Å². The van der Waals surface area contributed by atoms with Gasteiger partial charge >= 0.3 is 0 Å². The Bertz CT molecular complexity index is 655. The lowest BCUT2D eigenvalue weighted by Gasteiger charge is -2.01. The first-order chi connectivity index (χ1) is 7.48. The van der Waals surface area contributed by atoms with Crippen molar-refractivity contribution in [1.82, 2.24) is 20.2 Å². The number of primary sulfonamides is 1. The van der Waals surface area contributed by atoms with Gasteiger partial charge in [-0.15, -0.1) is 0 Å². The Labute approximate surface area is 95.9 Å². The number of benzene rings is 1. The van der Waals surface area contributed by atoms with Gasteiger partial charge in [0.05, 0.1) is 10.6 Å². The molecule has 2 aromatic rings. The molecule has 7 nitrogen and oxygen atoms in total. The molecule has 0 aliphatic heterocycles. The molecule has 16 heavy (non-hydrogen) atoms. The molecule has 0 aliphatic rings. The van der Waals surface area contributed by atoms with Crippen molar-refractivity contribution in [3.05, 3.63) is 29.0 Å². The molecule has 0 amide bonds. The summed E-state index contributed by atoms with van der Waals surface area (Å²) in [5, 5.41) is 14.6. The predicted octanol–water partition coefficient (Wildman–Crippen LogP) is -0.0277. The smallest absolute Gasteiger partial charge is 0.225 e. The number of hydrogen-bond donors (Lipinski definition) is 2. The lowest BCUT2D eigenvalue weighted by Crippen LogP contribution is -2.12. The van der Waals surface area contributed by atoms with Gasteiger partial charge in [-0.2, -0.15) is 5.21 Å². The number of nitrogens with two attached hydrogens (primary N) is 1.